The number of hydrogen-bond donors (Lipinski definition) is 2. The first kappa shape index (κ1) is 16.5. The zero-order valence-corrected chi connectivity index (χ0v) is 13.2. The Morgan fingerprint density at radius 3 is 2.30 bits per heavy atom. The monoisotopic (exact) mass is 277 g/mol. The normalized spacial score (nSPS) is 13.3. The summed E-state index contributed by atoms with van der Waals surface area (Å²) in [6, 6.07) is 7.64. The average Bonchev–Trinajstić information content (AvgIpc) is 2.35. The van der Waals surface area contributed by atoms with Crippen molar-refractivity contribution in [3.63, 3.8) is 0 Å². The van der Waals surface area contributed by atoms with E-state index in [4.69, 9.17) is 5.73 Å². The first-order valence-electron chi connectivity index (χ1n) is 7.13. The van der Waals surface area contributed by atoms with Crippen LogP contribution in [0.1, 0.15) is 40.2 Å². The lowest BCUT2D eigenvalue weighted by molar-refractivity contribution is -0.127. The topological polar surface area (TPSA) is 58.4 Å². The molecule has 0 aliphatic rings. The predicted molar refractivity (Wildman–Crippen MR) is 84.3 cm³/mol. The number of hydrogen-bond acceptors (Lipinski definition) is 3. The highest BCUT2D eigenvalue weighted by Gasteiger charge is 2.23. The van der Waals surface area contributed by atoms with Crippen LogP contribution < -0.4 is 11.1 Å². The molecule has 1 atom stereocenters. The largest absolute Gasteiger partial charge is 0.399 e. The van der Waals surface area contributed by atoms with Crippen LogP contribution in [0.3, 0.4) is 0 Å². The molecule has 112 valence electrons. The summed E-state index contributed by atoms with van der Waals surface area (Å²) in [7, 11) is 0. The molecule has 0 heterocycles. The Labute approximate surface area is 122 Å². The van der Waals surface area contributed by atoms with E-state index in [1.54, 1.807) is 0 Å². The predicted octanol–water partition coefficient (Wildman–Crippen LogP) is 2.39. The Kier molecular flexibility index (Phi) is 5.57. The van der Waals surface area contributed by atoms with Gasteiger partial charge in [0.1, 0.15) is 0 Å². The Morgan fingerprint density at radius 2 is 1.85 bits per heavy atom. The van der Waals surface area contributed by atoms with E-state index in [2.05, 4.69) is 17.1 Å². The van der Waals surface area contributed by atoms with Crippen LogP contribution in [-0.2, 0) is 11.3 Å². The maximum atomic E-state index is 12.2. The van der Waals surface area contributed by atoms with Crippen LogP contribution in [0, 0.1) is 0 Å². The van der Waals surface area contributed by atoms with E-state index < -0.39 is 0 Å². The Bertz CT molecular complexity index is 434. The third-order valence-corrected chi connectivity index (χ3v) is 3.20. The minimum absolute atomic E-state index is 0.0646. The van der Waals surface area contributed by atoms with Crippen molar-refractivity contribution in [2.24, 2.45) is 0 Å². The van der Waals surface area contributed by atoms with Gasteiger partial charge in [0.2, 0.25) is 5.91 Å². The highest BCUT2D eigenvalue weighted by molar-refractivity contribution is 5.81. The molecule has 3 N–H and O–H groups in total. The Hall–Kier alpha value is -1.55. The van der Waals surface area contributed by atoms with Crippen LogP contribution in [0.2, 0.25) is 0 Å². The van der Waals surface area contributed by atoms with E-state index in [0.717, 1.165) is 24.3 Å². The van der Waals surface area contributed by atoms with Crippen LogP contribution in [0.4, 0.5) is 5.69 Å². The van der Waals surface area contributed by atoms with Gasteiger partial charge >= 0.3 is 0 Å². The minimum Gasteiger partial charge on any atom is -0.399 e. The van der Waals surface area contributed by atoms with Crippen molar-refractivity contribution in [2.75, 3.05) is 12.3 Å². The number of likely N-dealkylation sites (N-methyl/N-ethyl adjacent to an activating group) is 1. The van der Waals surface area contributed by atoms with E-state index >= 15 is 0 Å². The summed E-state index contributed by atoms with van der Waals surface area (Å²) in [5.74, 6) is 0.0646. The summed E-state index contributed by atoms with van der Waals surface area (Å²) in [4.78, 5) is 14.4. The quantitative estimate of drug-likeness (QED) is 0.813. The zero-order valence-electron chi connectivity index (χ0n) is 13.2. The van der Waals surface area contributed by atoms with Crippen LogP contribution in [0.15, 0.2) is 24.3 Å². The molecule has 0 fully saturated rings. The lowest BCUT2D eigenvalue weighted by Crippen LogP contribution is -2.50. The number of anilines is 1. The molecular formula is C16H27N3O. The van der Waals surface area contributed by atoms with E-state index in [0.29, 0.717) is 0 Å². The molecule has 0 spiro atoms. The fourth-order valence-corrected chi connectivity index (χ4v) is 2.02. The van der Waals surface area contributed by atoms with Crippen molar-refractivity contribution in [3.05, 3.63) is 29.8 Å². The fraction of sp³-hybridized carbons (Fsp3) is 0.562. The molecule has 0 aromatic heterocycles. The van der Waals surface area contributed by atoms with Crippen molar-refractivity contribution in [2.45, 2.75) is 52.7 Å². The molecule has 1 aromatic rings. The number of nitrogens with one attached hydrogen (secondary N) is 1. The minimum atomic E-state index is -0.202. The lowest BCUT2D eigenvalue weighted by atomic mass is 10.1. The number of nitrogen functional groups attached to an aromatic ring is 1. The molecule has 0 radical (unpaired) electrons. The number of carbonyl (C=O) groups is 1. The van der Waals surface area contributed by atoms with Gasteiger partial charge in [0.25, 0.3) is 0 Å². The van der Waals surface area contributed by atoms with E-state index in [1.807, 2.05) is 52.0 Å². The molecule has 20 heavy (non-hydrogen) atoms. The molecule has 0 aliphatic carbocycles. The van der Waals surface area contributed by atoms with E-state index in [9.17, 15) is 4.79 Å². The highest BCUT2D eigenvalue weighted by Crippen LogP contribution is 2.12. The second-order valence-electron chi connectivity index (χ2n) is 6.22. The summed E-state index contributed by atoms with van der Waals surface area (Å²) in [5, 5.41) is 3.03. The Balaban J connectivity index is 2.70. The van der Waals surface area contributed by atoms with Crippen molar-refractivity contribution in [3.8, 4) is 0 Å². The molecule has 4 heteroatoms. The zero-order chi connectivity index (χ0) is 15.3. The number of nitrogens with zero attached hydrogens (tertiary/aromatic N) is 1. The summed E-state index contributed by atoms with van der Waals surface area (Å²) in [6.45, 7) is 11.6. The fourth-order valence-electron chi connectivity index (χ4n) is 2.02. The molecule has 0 saturated heterocycles. The van der Waals surface area contributed by atoms with Gasteiger partial charge in [-0.05, 0) is 51.9 Å². The van der Waals surface area contributed by atoms with Crippen LogP contribution in [-0.4, -0.2) is 28.9 Å². The molecule has 4 nitrogen and oxygen atoms in total. The van der Waals surface area contributed by atoms with Gasteiger partial charge in [-0.2, -0.15) is 0 Å². The Morgan fingerprint density at radius 1 is 1.30 bits per heavy atom. The van der Waals surface area contributed by atoms with Crippen LogP contribution >= 0.6 is 0 Å². The molecule has 1 rings (SSSR count). The number of carbonyl (C=O) groups excluding carboxylic acids is 1. The first-order chi connectivity index (χ1) is 9.23. The maximum Gasteiger partial charge on any atom is 0.237 e. The summed E-state index contributed by atoms with van der Waals surface area (Å²) in [6.07, 6.45) is 0. The molecule has 0 bridgehead atoms. The molecule has 0 saturated carbocycles. The molecule has 1 amide bonds. The van der Waals surface area contributed by atoms with Crippen LogP contribution in [0.25, 0.3) is 0 Å². The number of benzene rings is 1. The highest BCUT2D eigenvalue weighted by atomic mass is 16.2. The van der Waals surface area contributed by atoms with Crippen molar-refractivity contribution < 1.29 is 4.79 Å². The first-order valence-corrected chi connectivity index (χ1v) is 7.13. The summed E-state index contributed by atoms with van der Waals surface area (Å²) in [5.41, 5.74) is 7.41. The summed E-state index contributed by atoms with van der Waals surface area (Å²) >= 11 is 0. The molecule has 0 aliphatic heterocycles. The smallest absolute Gasteiger partial charge is 0.237 e. The number of nitrogens with two attached hydrogens (primary N) is 1. The van der Waals surface area contributed by atoms with E-state index in [-0.39, 0.29) is 17.5 Å². The van der Waals surface area contributed by atoms with Gasteiger partial charge in [-0.25, -0.2) is 0 Å². The third-order valence-electron chi connectivity index (χ3n) is 3.20. The molecular weight excluding hydrogens is 250 g/mol. The van der Waals surface area contributed by atoms with Gasteiger partial charge in [0.15, 0.2) is 0 Å². The van der Waals surface area contributed by atoms with Gasteiger partial charge in [0.05, 0.1) is 6.04 Å². The second kappa shape index (κ2) is 6.75. The average molecular weight is 277 g/mol. The molecule has 1 aromatic carbocycles. The van der Waals surface area contributed by atoms with Gasteiger partial charge < -0.3 is 11.1 Å². The van der Waals surface area contributed by atoms with E-state index in [1.165, 1.54) is 0 Å². The van der Waals surface area contributed by atoms with Gasteiger partial charge in [-0.15, -0.1) is 0 Å². The van der Waals surface area contributed by atoms with Crippen LogP contribution in [0.5, 0.6) is 0 Å². The summed E-state index contributed by atoms with van der Waals surface area (Å²) < 4.78 is 0. The maximum absolute atomic E-state index is 12.2. The lowest BCUT2D eigenvalue weighted by Gasteiger charge is -2.30. The van der Waals surface area contributed by atoms with Crippen molar-refractivity contribution >= 4 is 11.6 Å². The third kappa shape index (κ3) is 5.21. The SMILES string of the molecule is CCN(Cc1ccc(N)cc1)C(C)C(=O)NC(C)(C)C. The van der Waals surface area contributed by atoms with Crippen molar-refractivity contribution in [1.29, 1.82) is 0 Å². The van der Waals surface area contributed by atoms with Crippen molar-refractivity contribution in [1.82, 2.24) is 10.2 Å². The number of rotatable bonds is 5. The van der Waals surface area contributed by atoms with Gasteiger partial charge in [-0.1, -0.05) is 19.1 Å². The molecule has 1 unspecified atom stereocenters. The van der Waals surface area contributed by atoms with Gasteiger partial charge in [0, 0.05) is 17.8 Å². The second-order valence-corrected chi connectivity index (χ2v) is 6.22. The number of amides is 1. The van der Waals surface area contributed by atoms with Gasteiger partial charge in [-0.3, -0.25) is 9.69 Å². The standard InChI is InChI=1S/C16H27N3O/c1-6-19(11-13-7-9-14(17)10-8-13)12(2)15(20)18-16(3,4)5/h7-10,12H,6,11,17H2,1-5H3,(H,18,20).